The predicted octanol–water partition coefficient (Wildman–Crippen LogP) is 3.37. The van der Waals surface area contributed by atoms with E-state index in [0.29, 0.717) is 18.7 Å². The molecule has 2 N–H and O–H groups in total. The summed E-state index contributed by atoms with van der Waals surface area (Å²) in [5.41, 5.74) is 1.58. The minimum atomic E-state index is -0.677. The summed E-state index contributed by atoms with van der Waals surface area (Å²) in [6.07, 6.45) is 0.942. The van der Waals surface area contributed by atoms with Crippen molar-refractivity contribution in [2.24, 2.45) is 0 Å². The number of nitrogens with zero attached hydrogens (tertiary/aromatic N) is 1. The fraction of sp³-hybridized carbons (Fsp3) is 0.188. The molecule has 22 heavy (non-hydrogen) atoms. The van der Waals surface area contributed by atoms with Crippen LogP contribution in [-0.4, -0.2) is 16.6 Å². The van der Waals surface area contributed by atoms with Crippen LogP contribution in [0.5, 0.6) is 0 Å². The SMILES string of the molecule is OC(CNCc1csc(-c2ccco2)n1)c1ccc(F)cc1. The molecule has 0 aliphatic heterocycles. The van der Waals surface area contributed by atoms with Crippen LogP contribution in [-0.2, 0) is 6.54 Å². The Morgan fingerprint density at radius 3 is 2.82 bits per heavy atom. The number of aromatic nitrogens is 1. The van der Waals surface area contributed by atoms with Crippen LogP contribution in [0.1, 0.15) is 17.4 Å². The number of thiazole rings is 1. The molecule has 2 aromatic heterocycles. The highest BCUT2D eigenvalue weighted by molar-refractivity contribution is 7.13. The first-order valence-corrected chi connectivity index (χ1v) is 7.73. The van der Waals surface area contributed by atoms with Crippen LogP contribution in [0.2, 0.25) is 0 Å². The molecule has 2 heterocycles. The molecule has 3 aromatic rings. The maximum Gasteiger partial charge on any atom is 0.162 e. The Bertz CT molecular complexity index is 710. The van der Waals surface area contributed by atoms with Crippen molar-refractivity contribution >= 4 is 11.3 Å². The highest BCUT2D eigenvalue weighted by atomic mass is 32.1. The summed E-state index contributed by atoms with van der Waals surface area (Å²) < 4.78 is 18.1. The van der Waals surface area contributed by atoms with E-state index in [4.69, 9.17) is 4.42 Å². The molecule has 4 nitrogen and oxygen atoms in total. The third-order valence-electron chi connectivity index (χ3n) is 3.18. The lowest BCUT2D eigenvalue weighted by Crippen LogP contribution is -2.21. The van der Waals surface area contributed by atoms with E-state index >= 15 is 0 Å². The number of hydrogen-bond acceptors (Lipinski definition) is 5. The molecular formula is C16H15FN2O2S. The smallest absolute Gasteiger partial charge is 0.162 e. The molecule has 0 aliphatic carbocycles. The minimum Gasteiger partial charge on any atom is -0.462 e. The van der Waals surface area contributed by atoms with E-state index in [2.05, 4.69) is 10.3 Å². The first-order valence-electron chi connectivity index (χ1n) is 6.85. The number of rotatable bonds is 6. The Morgan fingerprint density at radius 1 is 1.27 bits per heavy atom. The standard InChI is InChI=1S/C16H15FN2O2S/c17-12-5-3-11(4-6-12)14(20)9-18-8-13-10-22-16(19-13)15-2-1-7-21-15/h1-7,10,14,18,20H,8-9H2. The maximum absolute atomic E-state index is 12.8. The quantitative estimate of drug-likeness (QED) is 0.731. The van der Waals surface area contributed by atoms with Crippen molar-refractivity contribution < 1.29 is 13.9 Å². The van der Waals surface area contributed by atoms with E-state index in [-0.39, 0.29) is 5.82 Å². The fourth-order valence-electron chi connectivity index (χ4n) is 2.04. The average molecular weight is 318 g/mol. The van der Waals surface area contributed by atoms with Crippen LogP contribution < -0.4 is 5.32 Å². The van der Waals surface area contributed by atoms with Gasteiger partial charge in [0.05, 0.1) is 18.1 Å². The van der Waals surface area contributed by atoms with E-state index < -0.39 is 6.10 Å². The zero-order valence-corrected chi connectivity index (χ0v) is 12.5. The molecule has 0 radical (unpaired) electrons. The Labute approximate surface area is 131 Å². The second-order valence-electron chi connectivity index (χ2n) is 4.82. The lowest BCUT2D eigenvalue weighted by molar-refractivity contribution is 0.174. The van der Waals surface area contributed by atoms with Gasteiger partial charge in [0.2, 0.25) is 0 Å². The Hall–Kier alpha value is -2.02. The third kappa shape index (κ3) is 3.59. The summed E-state index contributed by atoms with van der Waals surface area (Å²) in [7, 11) is 0. The molecular weight excluding hydrogens is 303 g/mol. The zero-order chi connectivity index (χ0) is 15.4. The summed E-state index contributed by atoms with van der Waals surface area (Å²) in [5.74, 6) is 0.444. The maximum atomic E-state index is 12.8. The van der Waals surface area contributed by atoms with Gasteiger partial charge in [-0.15, -0.1) is 11.3 Å². The van der Waals surface area contributed by atoms with Crippen LogP contribution in [0.4, 0.5) is 4.39 Å². The van der Waals surface area contributed by atoms with Gasteiger partial charge in [-0.1, -0.05) is 12.1 Å². The van der Waals surface area contributed by atoms with Crippen molar-refractivity contribution in [1.29, 1.82) is 0 Å². The molecule has 0 spiro atoms. The number of halogens is 1. The van der Waals surface area contributed by atoms with E-state index in [1.54, 1.807) is 18.4 Å². The number of nitrogens with one attached hydrogen (secondary N) is 1. The van der Waals surface area contributed by atoms with E-state index in [1.807, 2.05) is 17.5 Å². The number of benzene rings is 1. The largest absolute Gasteiger partial charge is 0.462 e. The van der Waals surface area contributed by atoms with E-state index in [9.17, 15) is 9.50 Å². The van der Waals surface area contributed by atoms with Crippen LogP contribution in [0, 0.1) is 5.82 Å². The first-order chi connectivity index (χ1) is 10.7. The van der Waals surface area contributed by atoms with Gasteiger partial charge in [-0.05, 0) is 29.8 Å². The molecule has 0 aliphatic rings. The summed E-state index contributed by atoms with van der Waals surface area (Å²) in [6, 6.07) is 9.55. The molecule has 1 aromatic carbocycles. The van der Waals surface area contributed by atoms with Crippen molar-refractivity contribution in [3.8, 4) is 10.8 Å². The van der Waals surface area contributed by atoms with Crippen molar-refractivity contribution in [2.75, 3.05) is 6.54 Å². The molecule has 1 unspecified atom stereocenters. The highest BCUT2D eigenvalue weighted by Gasteiger charge is 2.09. The molecule has 0 bridgehead atoms. The summed E-state index contributed by atoms with van der Waals surface area (Å²) in [6.45, 7) is 0.925. The highest BCUT2D eigenvalue weighted by Crippen LogP contribution is 2.23. The van der Waals surface area contributed by atoms with Crippen molar-refractivity contribution in [3.63, 3.8) is 0 Å². The van der Waals surface area contributed by atoms with Crippen molar-refractivity contribution in [2.45, 2.75) is 12.6 Å². The fourth-order valence-corrected chi connectivity index (χ4v) is 2.83. The Kier molecular flexibility index (Phi) is 4.62. The molecule has 6 heteroatoms. The Morgan fingerprint density at radius 2 is 2.09 bits per heavy atom. The lowest BCUT2D eigenvalue weighted by Gasteiger charge is -2.11. The molecule has 0 amide bonds. The number of aliphatic hydroxyl groups is 1. The van der Waals surface area contributed by atoms with Crippen molar-refractivity contribution in [1.82, 2.24) is 10.3 Å². The van der Waals surface area contributed by atoms with Crippen LogP contribution in [0.15, 0.2) is 52.5 Å². The lowest BCUT2D eigenvalue weighted by atomic mass is 10.1. The van der Waals surface area contributed by atoms with Gasteiger partial charge >= 0.3 is 0 Å². The minimum absolute atomic E-state index is 0.308. The normalized spacial score (nSPS) is 12.5. The van der Waals surface area contributed by atoms with Gasteiger partial charge in [0.1, 0.15) is 5.82 Å². The average Bonchev–Trinajstić information content (AvgIpc) is 3.19. The van der Waals surface area contributed by atoms with Gasteiger partial charge in [-0.3, -0.25) is 0 Å². The summed E-state index contributed by atoms with van der Waals surface area (Å²) in [4.78, 5) is 4.46. The molecule has 0 saturated heterocycles. The predicted molar refractivity (Wildman–Crippen MR) is 82.9 cm³/mol. The second-order valence-corrected chi connectivity index (χ2v) is 5.68. The third-order valence-corrected chi connectivity index (χ3v) is 4.09. The summed E-state index contributed by atoms with van der Waals surface area (Å²) in [5, 5.41) is 16.0. The number of hydrogen-bond donors (Lipinski definition) is 2. The van der Waals surface area contributed by atoms with Gasteiger partial charge in [0.15, 0.2) is 10.8 Å². The van der Waals surface area contributed by atoms with Gasteiger partial charge in [-0.25, -0.2) is 9.37 Å². The van der Waals surface area contributed by atoms with Crippen LogP contribution in [0.25, 0.3) is 10.8 Å². The van der Waals surface area contributed by atoms with Gasteiger partial charge in [0, 0.05) is 18.5 Å². The molecule has 114 valence electrons. The van der Waals surface area contributed by atoms with E-state index in [0.717, 1.165) is 16.5 Å². The topological polar surface area (TPSA) is 58.3 Å². The van der Waals surface area contributed by atoms with Crippen molar-refractivity contribution in [3.05, 3.63) is 65.1 Å². The van der Waals surface area contributed by atoms with Crippen LogP contribution >= 0.6 is 11.3 Å². The van der Waals surface area contributed by atoms with Gasteiger partial charge < -0.3 is 14.8 Å². The molecule has 3 rings (SSSR count). The zero-order valence-electron chi connectivity index (χ0n) is 11.7. The number of furan rings is 1. The van der Waals surface area contributed by atoms with Gasteiger partial charge in [0.25, 0.3) is 0 Å². The van der Waals surface area contributed by atoms with Gasteiger partial charge in [-0.2, -0.15) is 0 Å². The number of aliphatic hydroxyl groups excluding tert-OH is 1. The molecule has 0 saturated carbocycles. The monoisotopic (exact) mass is 318 g/mol. The second kappa shape index (κ2) is 6.83. The molecule has 0 fully saturated rings. The Balaban J connectivity index is 1.52. The first kappa shape index (κ1) is 14.9. The van der Waals surface area contributed by atoms with Crippen LogP contribution in [0.3, 0.4) is 0 Å². The summed E-state index contributed by atoms with van der Waals surface area (Å²) >= 11 is 1.52. The molecule has 1 atom stereocenters. The van der Waals surface area contributed by atoms with E-state index in [1.165, 1.54) is 23.5 Å².